The van der Waals surface area contributed by atoms with E-state index in [1.54, 1.807) is 6.92 Å². The summed E-state index contributed by atoms with van der Waals surface area (Å²) in [5, 5.41) is 2.32. The van der Waals surface area contributed by atoms with Crippen LogP contribution in [-0.4, -0.2) is 17.6 Å². The van der Waals surface area contributed by atoms with Crippen LogP contribution in [0.5, 0.6) is 0 Å². The van der Waals surface area contributed by atoms with Crippen LogP contribution in [0, 0.1) is 13.8 Å². The first kappa shape index (κ1) is 12.8. The molecule has 94 valence electrons. The fourth-order valence-corrected chi connectivity index (χ4v) is 2.59. The van der Waals surface area contributed by atoms with Crippen LogP contribution < -0.4 is 0 Å². The molecule has 1 aromatic carbocycles. The van der Waals surface area contributed by atoms with Gasteiger partial charge >= 0.3 is 5.97 Å². The Hall–Kier alpha value is -1.68. The second-order valence-electron chi connectivity index (χ2n) is 4.03. The van der Waals surface area contributed by atoms with Crippen molar-refractivity contribution < 1.29 is 9.53 Å². The Bertz CT molecular complexity index is 555. The molecular formula is C14H15NO2S. The summed E-state index contributed by atoms with van der Waals surface area (Å²) in [6, 6.07) is 6.12. The molecule has 1 aromatic heterocycles. The first-order chi connectivity index (χ1) is 8.63. The van der Waals surface area contributed by atoms with Gasteiger partial charge in [-0.25, -0.2) is 9.78 Å². The molecule has 0 aliphatic carbocycles. The molecule has 0 bridgehead atoms. The number of carbonyl (C=O) groups is 1. The normalized spacial score (nSPS) is 10.4. The van der Waals surface area contributed by atoms with Crippen LogP contribution in [0.3, 0.4) is 0 Å². The van der Waals surface area contributed by atoms with Gasteiger partial charge in [-0.1, -0.05) is 18.2 Å². The summed E-state index contributed by atoms with van der Waals surface area (Å²) >= 11 is 1.32. The van der Waals surface area contributed by atoms with Crippen molar-refractivity contribution in [2.75, 3.05) is 6.61 Å². The number of esters is 1. The lowest BCUT2D eigenvalue weighted by Crippen LogP contribution is -2.03. The van der Waals surface area contributed by atoms with Crippen molar-refractivity contribution in [1.29, 1.82) is 0 Å². The van der Waals surface area contributed by atoms with Gasteiger partial charge in [-0.05, 0) is 31.9 Å². The molecule has 2 aromatic rings. The van der Waals surface area contributed by atoms with Crippen LogP contribution in [0.2, 0.25) is 0 Å². The highest BCUT2D eigenvalue weighted by Gasteiger charge is 2.14. The predicted octanol–water partition coefficient (Wildman–Crippen LogP) is 3.60. The summed E-state index contributed by atoms with van der Waals surface area (Å²) < 4.78 is 4.95. The second kappa shape index (κ2) is 5.31. The maximum absolute atomic E-state index is 11.6. The molecule has 0 atom stereocenters. The summed E-state index contributed by atoms with van der Waals surface area (Å²) in [5.74, 6) is -0.347. The maximum atomic E-state index is 11.6. The minimum absolute atomic E-state index is 0.347. The summed E-state index contributed by atoms with van der Waals surface area (Å²) in [6.45, 7) is 6.26. The SMILES string of the molecule is CCOC(=O)c1nc(-c2c(C)cccc2C)cs1. The van der Waals surface area contributed by atoms with Gasteiger partial charge < -0.3 is 4.74 Å². The van der Waals surface area contributed by atoms with Gasteiger partial charge in [0.1, 0.15) is 0 Å². The van der Waals surface area contributed by atoms with Gasteiger partial charge in [0.25, 0.3) is 0 Å². The van der Waals surface area contributed by atoms with Crippen LogP contribution in [-0.2, 0) is 4.74 Å². The summed E-state index contributed by atoms with van der Waals surface area (Å²) in [5.41, 5.74) is 4.27. The van der Waals surface area contributed by atoms with Gasteiger partial charge in [0.15, 0.2) is 0 Å². The molecule has 2 rings (SSSR count). The average molecular weight is 261 g/mol. The van der Waals surface area contributed by atoms with Crippen molar-refractivity contribution in [3.8, 4) is 11.3 Å². The molecule has 0 aliphatic heterocycles. The topological polar surface area (TPSA) is 39.2 Å². The van der Waals surface area contributed by atoms with Gasteiger partial charge in [0.2, 0.25) is 5.01 Å². The van der Waals surface area contributed by atoms with Gasteiger partial charge in [0, 0.05) is 10.9 Å². The smallest absolute Gasteiger partial charge is 0.367 e. The molecule has 0 saturated carbocycles. The Labute approximate surface area is 110 Å². The monoisotopic (exact) mass is 261 g/mol. The first-order valence-electron chi connectivity index (χ1n) is 5.82. The zero-order chi connectivity index (χ0) is 13.1. The molecule has 0 amide bonds. The van der Waals surface area contributed by atoms with E-state index in [1.165, 1.54) is 11.3 Å². The fourth-order valence-electron chi connectivity index (χ4n) is 1.89. The summed E-state index contributed by atoms with van der Waals surface area (Å²) in [6.07, 6.45) is 0. The Morgan fingerprint density at radius 2 is 2.00 bits per heavy atom. The van der Waals surface area contributed by atoms with Gasteiger partial charge in [-0.2, -0.15) is 0 Å². The number of hydrogen-bond acceptors (Lipinski definition) is 4. The Morgan fingerprint density at radius 3 is 2.61 bits per heavy atom. The van der Waals surface area contributed by atoms with Crippen molar-refractivity contribution >= 4 is 17.3 Å². The van der Waals surface area contributed by atoms with Crippen LogP contribution in [0.15, 0.2) is 23.6 Å². The minimum atomic E-state index is -0.347. The number of aryl methyl sites for hydroxylation is 2. The number of carbonyl (C=O) groups excluding carboxylic acids is 1. The van der Waals surface area contributed by atoms with Crippen LogP contribution in [0.4, 0.5) is 0 Å². The Balaban J connectivity index is 2.38. The first-order valence-corrected chi connectivity index (χ1v) is 6.70. The van der Waals surface area contributed by atoms with E-state index in [0.29, 0.717) is 11.6 Å². The van der Waals surface area contributed by atoms with Crippen LogP contribution in [0.1, 0.15) is 27.9 Å². The molecule has 3 nitrogen and oxygen atoms in total. The van der Waals surface area contributed by atoms with E-state index >= 15 is 0 Å². The van der Waals surface area contributed by atoms with Gasteiger partial charge in [-0.15, -0.1) is 11.3 Å². The van der Waals surface area contributed by atoms with Crippen molar-refractivity contribution in [1.82, 2.24) is 4.98 Å². The van der Waals surface area contributed by atoms with E-state index in [0.717, 1.165) is 22.4 Å². The third-order valence-electron chi connectivity index (χ3n) is 2.69. The number of thiazole rings is 1. The van der Waals surface area contributed by atoms with Crippen LogP contribution in [0.25, 0.3) is 11.3 Å². The van der Waals surface area contributed by atoms with Crippen molar-refractivity contribution in [2.24, 2.45) is 0 Å². The van der Waals surface area contributed by atoms with Gasteiger partial charge in [0.05, 0.1) is 12.3 Å². The average Bonchev–Trinajstić information content (AvgIpc) is 2.78. The number of rotatable bonds is 3. The third kappa shape index (κ3) is 2.43. The molecule has 0 saturated heterocycles. The molecule has 1 heterocycles. The van der Waals surface area contributed by atoms with E-state index in [-0.39, 0.29) is 5.97 Å². The highest BCUT2D eigenvalue weighted by molar-refractivity contribution is 7.11. The number of hydrogen-bond donors (Lipinski definition) is 0. The van der Waals surface area contributed by atoms with Crippen molar-refractivity contribution in [3.05, 3.63) is 39.7 Å². The number of ether oxygens (including phenoxy) is 1. The summed E-state index contributed by atoms with van der Waals surface area (Å²) in [4.78, 5) is 15.9. The lowest BCUT2D eigenvalue weighted by molar-refractivity contribution is 0.0526. The largest absolute Gasteiger partial charge is 0.461 e. The van der Waals surface area contributed by atoms with E-state index in [4.69, 9.17) is 4.74 Å². The standard InChI is InChI=1S/C14H15NO2S/c1-4-17-14(16)13-15-11(8-18-13)12-9(2)6-5-7-10(12)3/h5-8H,4H2,1-3H3. The summed E-state index contributed by atoms with van der Waals surface area (Å²) in [7, 11) is 0. The number of benzene rings is 1. The third-order valence-corrected chi connectivity index (χ3v) is 3.51. The molecule has 0 aliphatic rings. The lowest BCUT2D eigenvalue weighted by Gasteiger charge is -2.06. The van der Waals surface area contributed by atoms with Crippen molar-refractivity contribution in [3.63, 3.8) is 0 Å². The lowest BCUT2D eigenvalue weighted by atomic mass is 10.0. The zero-order valence-electron chi connectivity index (χ0n) is 10.7. The predicted molar refractivity (Wildman–Crippen MR) is 73.0 cm³/mol. The fraction of sp³-hybridized carbons (Fsp3) is 0.286. The molecule has 0 spiro atoms. The van der Waals surface area contributed by atoms with E-state index in [1.807, 2.05) is 37.4 Å². The number of aromatic nitrogens is 1. The zero-order valence-corrected chi connectivity index (χ0v) is 11.5. The highest BCUT2D eigenvalue weighted by Crippen LogP contribution is 2.28. The quantitative estimate of drug-likeness (QED) is 0.792. The second-order valence-corrected chi connectivity index (χ2v) is 4.88. The van der Waals surface area contributed by atoms with E-state index in [2.05, 4.69) is 4.98 Å². The molecule has 18 heavy (non-hydrogen) atoms. The van der Waals surface area contributed by atoms with Gasteiger partial charge in [-0.3, -0.25) is 0 Å². The minimum Gasteiger partial charge on any atom is -0.461 e. The molecular weight excluding hydrogens is 246 g/mol. The molecule has 0 N–H and O–H groups in total. The van der Waals surface area contributed by atoms with E-state index in [9.17, 15) is 4.79 Å². The van der Waals surface area contributed by atoms with Crippen LogP contribution >= 0.6 is 11.3 Å². The molecule has 0 fully saturated rings. The molecule has 0 unspecified atom stereocenters. The van der Waals surface area contributed by atoms with Crippen molar-refractivity contribution in [2.45, 2.75) is 20.8 Å². The maximum Gasteiger partial charge on any atom is 0.367 e. The Morgan fingerprint density at radius 1 is 1.33 bits per heavy atom. The van der Waals surface area contributed by atoms with E-state index < -0.39 is 0 Å². The molecule has 0 radical (unpaired) electrons. The highest BCUT2D eigenvalue weighted by atomic mass is 32.1. The Kier molecular flexibility index (Phi) is 3.77. The molecule has 4 heteroatoms. The number of nitrogens with zero attached hydrogens (tertiary/aromatic N) is 1.